The van der Waals surface area contributed by atoms with Crippen LogP contribution in [-0.4, -0.2) is 42.4 Å². The van der Waals surface area contributed by atoms with Gasteiger partial charge >= 0.3 is 6.03 Å². The van der Waals surface area contributed by atoms with Gasteiger partial charge in [-0.05, 0) is 29.8 Å². The van der Waals surface area contributed by atoms with Gasteiger partial charge in [0.2, 0.25) is 5.91 Å². The average molecular weight is 371 g/mol. The molecule has 2 aromatic carbocycles. The number of halogens is 1. The van der Waals surface area contributed by atoms with Gasteiger partial charge in [0.15, 0.2) is 11.6 Å². The second kappa shape index (κ2) is 8.31. The van der Waals surface area contributed by atoms with Crippen LogP contribution < -0.4 is 15.4 Å². The van der Waals surface area contributed by atoms with Gasteiger partial charge in [-0.3, -0.25) is 14.5 Å². The van der Waals surface area contributed by atoms with Gasteiger partial charge in [-0.1, -0.05) is 24.3 Å². The van der Waals surface area contributed by atoms with Crippen molar-refractivity contribution in [2.45, 2.75) is 6.54 Å². The molecule has 1 saturated heterocycles. The maximum absolute atomic E-state index is 13.4. The van der Waals surface area contributed by atoms with E-state index in [2.05, 4.69) is 10.6 Å². The van der Waals surface area contributed by atoms with Gasteiger partial charge < -0.3 is 15.4 Å². The lowest BCUT2D eigenvalue weighted by molar-refractivity contribution is -0.125. The predicted octanol–water partition coefficient (Wildman–Crippen LogP) is 1.69. The van der Waals surface area contributed by atoms with Crippen LogP contribution in [-0.2, 0) is 11.3 Å². The summed E-state index contributed by atoms with van der Waals surface area (Å²) in [6, 6.07) is 12.2. The first-order valence-corrected chi connectivity index (χ1v) is 8.37. The number of hydrogen-bond acceptors (Lipinski definition) is 4. The number of nitrogens with one attached hydrogen (secondary N) is 2. The molecule has 0 aromatic heterocycles. The minimum atomic E-state index is -0.461. The van der Waals surface area contributed by atoms with E-state index in [-0.39, 0.29) is 43.8 Å². The number of carbonyl (C=O) groups excluding carboxylic acids is 3. The largest absolute Gasteiger partial charge is 0.489 e. The Morgan fingerprint density at radius 1 is 1.19 bits per heavy atom. The molecule has 0 saturated carbocycles. The molecule has 2 aromatic rings. The number of nitrogens with zero attached hydrogens (tertiary/aromatic N) is 1. The molecule has 2 N–H and O–H groups in total. The summed E-state index contributed by atoms with van der Waals surface area (Å²) in [7, 11) is 0. The minimum absolute atomic E-state index is 0.0129. The van der Waals surface area contributed by atoms with Gasteiger partial charge in [0, 0.05) is 5.56 Å². The Morgan fingerprint density at radius 3 is 2.74 bits per heavy atom. The fraction of sp³-hybridized carbons (Fsp3) is 0.211. The number of amides is 4. The van der Waals surface area contributed by atoms with Crippen molar-refractivity contribution in [3.8, 4) is 5.75 Å². The molecule has 4 amide bonds. The standard InChI is InChI=1S/C19H18FN3O4/c20-15-6-1-2-7-16(15)27-9-8-21-18(25)14-5-3-4-13(10-14)12-23-17(24)11-22-19(23)26/h1-7,10H,8-9,11-12H2,(H,21,25)(H,22,26). The topological polar surface area (TPSA) is 87.7 Å². The highest BCUT2D eigenvalue weighted by atomic mass is 19.1. The Balaban J connectivity index is 1.52. The number of carbonyl (C=O) groups is 3. The summed E-state index contributed by atoms with van der Waals surface area (Å²) in [5, 5.41) is 5.13. The maximum atomic E-state index is 13.4. The molecule has 1 aliphatic rings. The summed E-state index contributed by atoms with van der Waals surface area (Å²) < 4.78 is 18.7. The molecule has 1 fully saturated rings. The lowest BCUT2D eigenvalue weighted by Gasteiger charge is -2.13. The lowest BCUT2D eigenvalue weighted by atomic mass is 10.1. The van der Waals surface area contributed by atoms with E-state index in [1.165, 1.54) is 12.1 Å². The minimum Gasteiger partial charge on any atom is -0.489 e. The van der Waals surface area contributed by atoms with Crippen LogP contribution in [0, 0.1) is 5.82 Å². The van der Waals surface area contributed by atoms with Crippen LogP contribution in [0.25, 0.3) is 0 Å². The summed E-state index contributed by atoms with van der Waals surface area (Å²) in [5.74, 6) is -0.967. The first-order valence-electron chi connectivity index (χ1n) is 8.37. The highest BCUT2D eigenvalue weighted by Crippen LogP contribution is 2.15. The van der Waals surface area contributed by atoms with Gasteiger partial charge in [0.05, 0.1) is 19.6 Å². The summed E-state index contributed by atoms with van der Waals surface area (Å²) in [5.41, 5.74) is 1.06. The monoisotopic (exact) mass is 371 g/mol. The van der Waals surface area contributed by atoms with Crippen molar-refractivity contribution in [3.63, 3.8) is 0 Å². The molecule has 0 atom stereocenters. The molecule has 8 heteroatoms. The van der Waals surface area contributed by atoms with Crippen LogP contribution in [0.4, 0.5) is 9.18 Å². The summed E-state index contributed by atoms with van der Waals surface area (Å²) in [6.45, 7) is 0.405. The number of para-hydroxylation sites is 1. The van der Waals surface area contributed by atoms with E-state index >= 15 is 0 Å². The summed E-state index contributed by atoms with van der Waals surface area (Å²) in [4.78, 5) is 36.6. The normalized spacial score (nSPS) is 13.4. The molecule has 1 heterocycles. The van der Waals surface area contributed by atoms with Crippen molar-refractivity contribution >= 4 is 17.8 Å². The van der Waals surface area contributed by atoms with E-state index in [9.17, 15) is 18.8 Å². The van der Waals surface area contributed by atoms with Crippen molar-refractivity contribution in [2.75, 3.05) is 19.7 Å². The molecular weight excluding hydrogens is 353 g/mol. The van der Waals surface area contributed by atoms with E-state index in [1.54, 1.807) is 36.4 Å². The molecule has 0 radical (unpaired) electrons. The van der Waals surface area contributed by atoms with E-state index < -0.39 is 11.8 Å². The zero-order chi connectivity index (χ0) is 19.2. The van der Waals surface area contributed by atoms with Crippen LogP contribution in [0.15, 0.2) is 48.5 Å². The Bertz CT molecular complexity index is 856. The Morgan fingerprint density at radius 2 is 2.00 bits per heavy atom. The molecule has 7 nitrogen and oxygen atoms in total. The lowest BCUT2D eigenvalue weighted by Crippen LogP contribution is -2.31. The molecule has 0 aliphatic carbocycles. The fourth-order valence-electron chi connectivity index (χ4n) is 2.60. The molecule has 0 spiro atoms. The van der Waals surface area contributed by atoms with Gasteiger partial charge in [-0.25, -0.2) is 9.18 Å². The Labute approximate surface area is 155 Å². The Kier molecular flexibility index (Phi) is 5.65. The summed E-state index contributed by atoms with van der Waals surface area (Å²) >= 11 is 0. The van der Waals surface area contributed by atoms with Crippen molar-refractivity contribution in [3.05, 3.63) is 65.5 Å². The second-order valence-corrected chi connectivity index (χ2v) is 5.87. The van der Waals surface area contributed by atoms with Gasteiger partial charge in [0.1, 0.15) is 6.61 Å². The number of imide groups is 1. The average Bonchev–Trinajstić information content (AvgIpc) is 2.98. The van der Waals surface area contributed by atoms with Crippen LogP contribution >= 0.6 is 0 Å². The van der Waals surface area contributed by atoms with Gasteiger partial charge in [0.25, 0.3) is 5.91 Å². The highest BCUT2D eigenvalue weighted by molar-refractivity contribution is 6.02. The number of urea groups is 1. The van der Waals surface area contributed by atoms with Crippen molar-refractivity contribution in [1.29, 1.82) is 0 Å². The molecule has 3 rings (SSSR count). The zero-order valence-electron chi connectivity index (χ0n) is 14.4. The highest BCUT2D eigenvalue weighted by Gasteiger charge is 2.28. The third-order valence-electron chi connectivity index (χ3n) is 3.95. The van der Waals surface area contributed by atoms with E-state index in [4.69, 9.17) is 4.74 Å². The maximum Gasteiger partial charge on any atom is 0.324 e. The predicted molar refractivity (Wildman–Crippen MR) is 94.6 cm³/mol. The Hall–Kier alpha value is -3.42. The first kappa shape index (κ1) is 18.4. The first-order chi connectivity index (χ1) is 13.0. The van der Waals surface area contributed by atoms with Gasteiger partial charge in [-0.15, -0.1) is 0 Å². The molecule has 140 valence electrons. The zero-order valence-corrected chi connectivity index (χ0v) is 14.4. The summed E-state index contributed by atoms with van der Waals surface area (Å²) in [6.07, 6.45) is 0. The smallest absolute Gasteiger partial charge is 0.324 e. The fourth-order valence-corrected chi connectivity index (χ4v) is 2.60. The van der Waals surface area contributed by atoms with Crippen LogP contribution in [0.1, 0.15) is 15.9 Å². The molecular formula is C19H18FN3O4. The van der Waals surface area contributed by atoms with Crippen molar-refractivity contribution in [1.82, 2.24) is 15.5 Å². The number of ether oxygens (including phenoxy) is 1. The number of hydrogen-bond donors (Lipinski definition) is 2. The SMILES string of the molecule is O=C(NCCOc1ccccc1F)c1cccc(CN2C(=O)CNC2=O)c1. The quantitative estimate of drug-likeness (QED) is 0.573. The van der Waals surface area contributed by atoms with Crippen LogP contribution in [0.2, 0.25) is 0 Å². The van der Waals surface area contributed by atoms with Crippen LogP contribution in [0.3, 0.4) is 0 Å². The third-order valence-corrected chi connectivity index (χ3v) is 3.95. The molecule has 27 heavy (non-hydrogen) atoms. The van der Waals surface area contributed by atoms with Crippen LogP contribution in [0.5, 0.6) is 5.75 Å². The van der Waals surface area contributed by atoms with E-state index in [1.807, 2.05) is 0 Å². The van der Waals surface area contributed by atoms with E-state index in [0.29, 0.717) is 11.1 Å². The number of benzene rings is 2. The van der Waals surface area contributed by atoms with Crippen molar-refractivity contribution in [2.24, 2.45) is 0 Å². The van der Waals surface area contributed by atoms with Crippen molar-refractivity contribution < 1.29 is 23.5 Å². The molecule has 1 aliphatic heterocycles. The van der Waals surface area contributed by atoms with Gasteiger partial charge in [-0.2, -0.15) is 0 Å². The molecule has 0 unspecified atom stereocenters. The van der Waals surface area contributed by atoms with E-state index in [0.717, 1.165) is 4.90 Å². The molecule has 0 bridgehead atoms. The second-order valence-electron chi connectivity index (χ2n) is 5.87. The number of rotatable bonds is 7. The third kappa shape index (κ3) is 4.60.